The lowest BCUT2D eigenvalue weighted by Crippen LogP contribution is -2.23. The van der Waals surface area contributed by atoms with Crippen LogP contribution < -0.4 is 0 Å². The molecule has 2 aromatic rings. The van der Waals surface area contributed by atoms with Crippen molar-refractivity contribution in [3.8, 4) is 0 Å². The van der Waals surface area contributed by atoms with E-state index in [1.807, 2.05) is 0 Å². The molecule has 0 bridgehead atoms. The molecule has 3 rings (SSSR count). The first kappa shape index (κ1) is 14.3. The maximum absolute atomic E-state index is 6.32. The van der Waals surface area contributed by atoms with Gasteiger partial charge in [0.1, 0.15) is 0 Å². The number of benzene rings is 2. The van der Waals surface area contributed by atoms with Gasteiger partial charge in [0.2, 0.25) is 0 Å². The third kappa shape index (κ3) is 2.89. The molecular formula is C20H24O. The van der Waals surface area contributed by atoms with Crippen LogP contribution in [0.1, 0.15) is 45.1 Å². The molecule has 110 valence electrons. The molecule has 1 aliphatic heterocycles. The summed E-state index contributed by atoms with van der Waals surface area (Å²) in [5, 5.41) is 2.65. The summed E-state index contributed by atoms with van der Waals surface area (Å²) in [7, 11) is 0. The van der Waals surface area contributed by atoms with E-state index in [2.05, 4.69) is 75.4 Å². The fraction of sp³-hybridized carbons (Fsp3) is 0.400. The van der Waals surface area contributed by atoms with E-state index in [-0.39, 0.29) is 11.7 Å². The van der Waals surface area contributed by atoms with Gasteiger partial charge in [0.15, 0.2) is 0 Å². The van der Waals surface area contributed by atoms with Gasteiger partial charge in [-0.15, -0.1) is 0 Å². The van der Waals surface area contributed by atoms with Gasteiger partial charge >= 0.3 is 0 Å². The molecule has 2 atom stereocenters. The highest BCUT2D eigenvalue weighted by molar-refractivity contribution is 5.86. The molecule has 0 amide bonds. The van der Waals surface area contributed by atoms with Crippen LogP contribution >= 0.6 is 0 Å². The molecule has 2 aromatic carbocycles. The minimum Gasteiger partial charge on any atom is -0.371 e. The molecule has 0 N–H and O–H groups in total. The number of hydrogen-bond acceptors (Lipinski definition) is 1. The van der Waals surface area contributed by atoms with Crippen molar-refractivity contribution in [2.75, 3.05) is 0 Å². The number of hydrogen-bond donors (Lipinski definition) is 0. The van der Waals surface area contributed by atoms with Crippen molar-refractivity contribution in [1.29, 1.82) is 0 Å². The van der Waals surface area contributed by atoms with E-state index in [9.17, 15) is 0 Å². The SMILES string of the molecule is C/C=C/[C@H](c1cccc2ccccc12)[C@H]1CCC(C)(C)O1. The number of rotatable bonds is 3. The highest BCUT2D eigenvalue weighted by atomic mass is 16.5. The standard InChI is InChI=1S/C20H24O/c1-4-8-18(19-13-14-20(2,3)21-19)17-12-7-10-15-9-5-6-11-16(15)17/h4-12,18-19H,13-14H2,1-3H3/b8-4+/t18-,19-/m1/s1. The molecule has 1 nitrogen and oxygen atoms in total. The van der Waals surface area contributed by atoms with Crippen molar-refractivity contribution < 1.29 is 4.74 Å². The lowest BCUT2D eigenvalue weighted by atomic mass is 9.87. The Morgan fingerprint density at radius 3 is 2.62 bits per heavy atom. The molecule has 1 heteroatoms. The normalized spacial score (nSPS) is 22.9. The lowest BCUT2D eigenvalue weighted by molar-refractivity contribution is -0.0205. The van der Waals surface area contributed by atoms with Crippen molar-refractivity contribution in [2.45, 2.75) is 51.2 Å². The largest absolute Gasteiger partial charge is 0.371 e. The van der Waals surface area contributed by atoms with Crippen LogP contribution in [-0.4, -0.2) is 11.7 Å². The average molecular weight is 280 g/mol. The second kappa shape index (κ2) is 5.65. The van der Waals surface area contributed by atoms with E-state index < -0.39 is 0 Å². The van der Waals surface area contributed by atoms with E-state index in [4.69, 9.17) is 4.74 Å². The minimum absolute atomic E-state index is 0.00901. The van der Waals surface area contributed by atoms with E-state index in [1.165, 1.54) is 16.3 Å². The Morgan fingerprint density at radius 1 is 1.14 bits per heavy atom. The molecule has 0 radical (unpaired) electrons. The Kier molecular flexibility index (Phi) is 3.86. The van der Waals surface area contributed by atoms with Gasteiger partial charge in [-0.1, -0.05) is 54.6 Å². The molecule has 21 heavy (non-hydrogen) atoms. The number of fused-ring (bicyclic) bond motifs is 1. The smallest absolute Gasteiger partial charge is 0.0686 e. The topological polar surface area (TPSA) is 9.23 Å². The maximum atomic E-state index is 6.32. The van der Waals surface area contributed by atoms with Crippen molar-refractivity contribution in [3.63, 3.8) is 0 Å². The third-order valence-electron chi connectivity index (χ3n) is 4.48. The molecule has 1 fully saturated rings. The summed E-state index contributed by atoms with van der Waals surface area (Å²) < 4.78 is 6.32. The van der Waals surface area contributed by atoms with Crippen LogP contribution in [0, 0.1) is 0 Å². The quantitative estimate of drug-likeness (QED) is 0.679. The van der Waals surface area contributed by atoms with Crippen LogP contribution in [0.15, 0.2) is 54.6 Å². The highest BCUT2D eigenvalue weighted by Gasteiger charge is 2.36. The van der Waals surface area contributed by atoms with Crippen molar-refractivity contribution in [3.05, 3.63) is 60.2 Å². The predicted octanol–water partition coefficient (Wildman–Crippen LogP) is 5.46. The van der Waals surface area contributed by atoms with Gasteiger partial charge in [0, 0.05) is 5.92 Å². The highest BCUT2D eigenvalue weighted by Crippen LogP contribution is 2.39. The Labute approximate surface area is 127 Å². The molecule has 0 unspecified atom stereocenters. The number of ether oxygens (including phenoxy) is 1. The van der Waals surface area contributed by atoms with E-state index in [1.54, 1.807) is 0 Å². The maximum Gasteiger partial charge on any atom is 0.0686 e. The fourth-order valence-corrected chi connectivity index (χ4v) is 3.45. The molecule has 0 aromatic heterocycles. The Bertz CT molecular complexity index is 648. The van der Waals surface area contributed by atoms with Gasteiger partial charge in [-0.2, -0.15) is 0 Å². The summed E-state index contributed by atoms with van der Waals surface area (Å²) in [6.45, 7) is 6.49. The molecule has 1 aliphatic rings. The Hall–Kier alpha value is -1.60. The Balaban J connectivity index is 2.04. The molecule has 0 spiro atoms. The van der Waals surface area contributed by atoms with E-state index >= 15 is 0 Å². The second-order valence-corrected chi connectivity index (χ2v) is 6.57. The zero-order valence-corrected chi connectivity index (χ0v) is 13.2. The molecule has 1 saturated heterocycles. The summed E-state index contributed by atoms with van der Waals surface area (Å²) >= 11 is 0. The van der Waals surface area contributed by atoms with E-state index in [0.717, 1.165) is 12.8 Å². The van der Waals surface area contributed by atoms with Gasteiger partial charge in [0.05, 0.1) is 11.7 Å². The van der Waals surface area contributed by atoms with Crippen LogP contribution in [0.3, 0.4) is 0 Å². The zero-order chi connectivity index (χ0) is 14.9. The van der Waals surface area contributed by atoms with Gasteiger partial charge in [-0.25, -0.2) is 0 Å². The fourth-order valence-electron chi connectivity index (χ4n) is 3.45. The molecular weight excluding hydrogens is 256 g/mol. The first-order valence-electron chi connectivity index (χ1n) is 7.89. The first-order valence-corrected chi connectivity index (χ1v) is 7.89. The van der Waals surface area contributed by atoms with Crippen LogP contribution in [-0.2, 0) is 4.74 Å². The molecule has 1 heterocycles. The van der Waals surface area contributed by atoms with Crippen LogP contribution in [0.25, 0.3) is 10.8 Å². The lowest BCUT2D eigenvalue weighted by Gasteiger charge is -2.25. The summed E-state index contributed by atoms with van der Waals surface area (Å²) in [5.74, 6) is 0.336. The molecule has 0 aliphatic carbocycles. The van der Waals surface area contributed by atoms with Gasteiger partial charge in [-0.3, -0.25) is 0 Å². The summed E-state index contributed by atoms with van der Waals surface area (Å²) in [5.41, 5.74) is 1.39. The summed E-state index contributed by atoms with van der Waals surface area (Å²) in [6, 6.07) is 15.2. The van der Waals surface area contributed by atoms with Crippen LogP contribution in [0.5, 0.6) is 0 Å². The van der Waals surface area contributed by atoms with E-state index in [0.29, 0.717) is 5.92 Å². The zero-order valence-electron chi connectivity index (χ0n) is 13.2. The molecule has 0 saturated carbocycles. The van der Waals surface area contributed by atoms with Crippen molar-refractivity contribution in [2.24, 2.45) is 0 Å². The van der Waals surface area contributed by atoms with Gasteiger partial charge in [0.25, 0.3) is 0 Å². The third-order valence-corrected chi connectivity index (χ3v) is 4.48. The minimum atomic E-state index is 0.00901. The monoisotopic (exact) mass is 280 g/mol. The first-order chi connectivity index (χ1) is 10.1. The van der Waals surface area contributed by atoms with Gasteiger partial charge in [-0.05, 0) is 49.9 Å². The van der Waals surface area contributed by atoms with Crippen molar-refractivity contribution in [1.82, 2.24) is 0 Å². The number of allylic oxidation sites excluding steroid dienone is 1. The van der Waals surface area contributed by atoms with Crippen LogP contribution in [0.4, 0.5) is 0 Å². The van der Waals surface area contributed by atoms with Gasteiger partial charge < -0.3 is 4.74 Å². The summed E-state index contributed by atoms with van der Waals surface area (Å²) in [6.07, 6.45) is 7.00. The average Bonchev–Trinajstić information content (AvgIpc) is 2.84. The predicted molar refractivity (Wildman–Crippen MR) is 89.7 cm³/mol. The van der Waals surface area contributed by atoms with Crippen molar-refractivity contribution >= 4 is 10.8 Å². The summed E-state index contributed by atoms with van der Waals surface area (Å²) in [4.78, 5) is 0. The Morgan fingerprint density at radius 2 is 1.90 bits per heavy atom. The van der Waals surface area contributed by atoms with Crippen LogP contribution in [0.2, 0.25) is 0 Å². The second-order valence-electron chi connectivity index (χ2n) is 6.57.